The van der Waals surface area contributed by atoms with Gasteiger partial charge >= 0.3 is 0 Å². The maximum absolute atomic E-state index is 4.81. The van der Waals surface area contributed by atoms with Crippen molar-refractivity contribution in [2.45, 2.75) is 44.3 Å². The van der Waals surface area contributed by atoms with E-state index >= 15 is 0 Å². The van der Waals surface area contributed by atoms with Gasteiger partial charge in [0.05, 0.1) is 5.52 Å². The largest absolute Gasteiger partial charge is 0.362 e. The molecule has 0 amide bonds. The molecule has 4 aromatic rings. The minimum absolute atomic E-state index is 0.418. The number of fused-ring (bicyclic) bond motifs is 2. The molecule has 1 aliphatic carbocycles. The molecule has 0 atom stereocenters. The zero-order valence-corrected chi connectivity index (χ0v) is 19.2. The summed E-state index contributed by atoms with van der Waals surface area (Å²) in [4.78, 5) is 11.6. The number of aromatic nitrogens is 3. The lowest BCUT2D eigenvalue weighted by molar-refractivity contribution is 0.352. The van der Waals surface area contributed by atoms with Crippen LogP contribution in [0.4, 0.5) is 11.8 Å². The van der Waals surface area contributed by atoms with E-state index < -0.39 is 0 Å². The predicted octanol–water partition coefficient (Wildman–Crippen LogP) is 4.70. The van der Waals surface area contributed by atoms with Crippen LogP contribution in [0.25, 0.3) is 21.8 Å². The summed E-state index contributed by atoms with van der Waals surface area (Å²) >= 11 is 0. The molecule has 0 bridgehead atoms. The fourth-order valence-electron chi connectivity index (χ4n) is 4.91. The van der Waals surface area contributed by atoms with Gasteiger partial charge in [0.15, 0.2) is 0 Å². The van der Waals surface area contributed by atoms with Crippen molar-refractivity contribution in [3.05, 3.63) is 60.3 Å². The Bertz CT molecular complexity index is 1220. The maximum atomic E-state index is 4.81. The van der Waals surface area contributed by atoms with Crippen molar-refractivity contribution < 1.29 is 0 Å². The van der Waals surface area contributed by atoms with Crippen LogP contribution >= 0.6 is 0 Å². The van der Waals surface area contributed by atoms with Gasteiger partial charge in [0.2, 0.25) is 5.95 Å². The minimum atomic E-state index is 0.418. The lowest BCUT2D eigenvalue weighted by Crippen LogP contribution is -2.37. The van der Waals surface area contributed by atoms with Crippen LogP contribution in [0.1, 0.15) is 31.2 Å². The first kappa shape index (κ1) is 20.8. The van der Waals surface area contributed by atoms with Gasteiger partial charge in [-0.3, -0.25) is 0 Å². The molecule has 0 unspecified atom stereocenters. The Labute approximate surface area is 189 Å². The molecule has 0 aliphatic heterocycles. The first-order valence-electron chi connectivity index (χ1n) is 11.6. The Morgan fingerprint density at radius 3 is 2.38 bits per heavy atom. The van der Waals surface area contributed by atoms with Crippen molar-refractivity contribution in [1.82, 2.24) is 19.9 Å². The number of hydrogen-bond acceptors (Lipinski definition) is 5. The topological polar surface area (TPSA) is 58.0 Å². The van der Waals surface area contributed by atoms with Crippen LogP contribution in [0.2, 0.25) is 0 Å². The van der Waals surface area contributed by atoms with E-state index in [4.69, 9.17) is 9.97 Å². The van der Waals surface area contributed by atoms with E-state index in [0.717, 1.165) is 54.9 Å². The lowest BCUT2D eigenvalue weighted by Gasteiger charge is -2.30. The molecule has 2 heterocycles. The van der Waals surface area contributed by atoms with Crippen LogP contribution < -0.4 is 15.5 Å². The van der Waals surface area contributed by atoms with Crippen LogP contribution in [0, 0.1) is 0 Å². The third-order valence-electron chi connectivity index (χ3n) is 6.63. The standard InChI is InChI=1S/C26H32N6/c1-31(2)25-22-9-4-6-10-23(22)29-26(30-25)28-20-14-12-19(13-15-20)27-16-18-17-32(3)24-11-7-5-8-21(18)24/h4-11,17,19-20,27H,12-16H2,1-3H3,(H,28,29,30). The fraction of sp³-hybridized carbons (Fsp3) is 0.385. The van der Waals surface area contributed by atoms with Crippen molar-refractivity contribution >= 4 is 33.6 Å². The van der Waals surface area contributed by atoms with Crippen LogP contribution in [0.5, 0.6) is 0 Å². The smallest absolute Gasteiger partial charge is 0.225 e. The van der Waals surface area contributed by atoms with E-state index in [2.05, 4.69) is 69.7 Å². The van der Waals surface area contributed by atoms with Gasteiger partial charge in [-0.05, 0) is 49.4 Å². The second-order valence-corrected chi connectivity index (χ2v) is 9.14. The lowest BCUT2D eigenvalue weighted by atomic mass is 9.91. The van der Waals surface area contributed by atoms with E-state index in [1.165, 1.54) is 16.5 Å². The molecular weight excluding hydrogens is 396 g/mol. The molecule has 32 heavy (non-hydrogen) atoms. The number of rotatable bonds is 6. The predicted molar refractivity (Wildman–Crippen MR) is 133 cm³/mol. The summed E-state index contributed by atoms with van der Waals surface area (Å²) in [7, 11) is 6.19. The normalized spacial score (nSPS) is 18.8. The van der Waals surface area contributed by atoms with Gasteiger partial charge in [-0.2, -0.15) is 4.98 Å². The molecular formula is C26H32N6. The number of nitrogens with one attached hydrogen (secondary N) is 2. The van der Waals surface area contributed by atoms with Crippen LogP contribution in [0.15, 0.2) is 54.7 Å². The molecule has 6 heteroatoms. The molecule has 1 fully saturated rings. The van der Waals surface area contributed by atoms with Crippen molar-refractivity contribution in [3.63, 3.8) is 0 Å². The third-order valence-corrected chi connectivity index (χ3v) is 6.63. The van der Waals surface area contributed by atoms with Crippen LogP contribution in [-0.2, 0) is 13.6 Å². The van der Waals surface area contributed by atoms with Gasteiger partial charge in [-0.1, -0.05) is 30.3 Å². The van der Waals surface area contributed by atoms with Crippen molar-refractivity contribution in [3.8, 4) is 0 Å². The first-order valence-corrected chi connectivity index (χ1v) is 11.6. The number of aryl methyl sites for hydroxylation is 1. The molecule has 2 aromatic carbocycles. The third kappa shape index (κ3) is 4.15. The van der Waals surface area contributed by atoms with E-state index in [9.17, 15) is 0 Å². The second kappa shape index (κ2) is 8.79. The quantitative estimate of drug-likeness (QED) is 0.466. The SMILES string of the molecule is CN(C)c1nc(NC2CCC(NCc3cn(C)c4ccccc34)CC2)nc2ccccc12. The Balaban J connectivity index is 1.20. The zero-order valence-electron chi connectivity index (χ0n) is 19.2. The summed E-state index contributed by atoms with van der Waals surface area (Å²) < 4.78 is 2.22. The highest BCUT2D eigenvalue weighted by Gasteiger charge is 2.22. The molecule has 5 rings (SSSR count). The van der Waals surface area contributed by atoms with Gasteiger partial charge in [0.1, 0.15) is 5.82 Å². The van der Waals surface area contributed by atoms with E-state index in [1.807, 2.05) is 26.2 Å². The van der Waals surface area contributed by atoms with Crippen molar-refractivity contribution in [1.29, 1.82) is 0 Å². The van der Waals surface area contributed by atoms with Gasteiger partial charge in [0, 0.05) is 62.3 Å². The highest BCUT2D eigenvalue weighted by Crippen LogP contribution is 2.27. The van der Waals surface area contributed by atoms with Gasteiger partial charge in [-0.15, -0.1) is 0 Å². The average molecular weight is 429 g/mol. The number of hydrogen-bond donors (Lipinski definition) is 2. The van der Waals surface area contributed by atoms with Gasteiger partial charge in [-0.25, -0.2) is 4.98 Å². The molecule has 0 saturated heterocycles. The summed E-state index contributed by atoms with van der Waals surface area (Å²) in [5, 5.41) is 9.84. The van der Waals surface area contributed by atoms with Gasteiger partial charge < -0.3 is 20.1 Å². The highest BCUT2D eigenvalue weighted by molar-refractivity contribution is 5.90. The molecule has 2 aromatic heterocycles. The molecule has 1 saturated carbocycles. The first-order chi connectivity index (χ1) is 15.6. The molecule has 1 aliphatic rings. The Hall–Kier alpha value is -3.12. The summed E-state index contributed by atoms with van der Waals surface area (Å²) in [6.45, 7) is 0.921. The number of benzene rings is 2. The molecule has 2 N–H and O–H groups in total. The zero-order chi connectivity index (χ0) is 22.1. The monoisotopic (exact) mass is 428 g/mol. The Morgan fingerprint density at radius 2 is 1.59 bits per heavy atom. The van der Waals surface area contributed by atoms with E-state index in [-0.39, 0.29) is 0 Å². The molecule has 166 valence electrons. The number of nitrogens with zero attached hydrogens (tertiary/aromatic N) is 4. The van der Waals surface area contributed by atoms with E-state index in [1.54, 1.807) is 0 Å². The van der Waals surface area contributed by atoms with Gasteiger partial charge in [0.25, 0.3) is 0 Å². The molecule has 0 spiro atoms. The fourth-order valence-corrected chi connectivity index (χ4v) is 4.91. The van der Waals surface area contributed by atoms with E-state index in [0.29, 0.717) is 12.1 Å². The molecule has 6 nitrogen and oxygen atoms in total. The molecule has 0 radical (unpaired) electrons. The summed E-state index contributed by atoms with van der Waals surface area (Å²) in [5.41, 5.74) is 3.66. The summed E-state index contributed by atoms with van der Waals surface area (Å²) in [5.74, 6) is 1.70. The van der Waals surface area contributed by atoms with Crippen LogP contribution in [-0.4, -0.2) is 40.7 Å². The summed E-state index contributed by atoms with van der Waals surface area (Å²) in [6.07, 6.45) is 6.83. The number of para-hydroxylation sites is 2. The highest BCUT2D eigenvalue weighted by atomic mass is 15.2. The van der Waals surface area contributed by atoms with Crippen molar-refractivity contribution in [2.75, 3.05) is 24.3 Å². The van der Waals surface area contributed by atoms with Crippen LogP contribution in [0.3, 0.4) is 0 Å². The Morgan fingerprint density at radius 1 is 0.906 bits per heavy atom. The average Bonchev–Trinajstić information content (AvgIpc) is 3.14. The second-order valence-electron chi connectivity index (χ2n) is 9.14. The van der Waals surface area contributed by atoms with Crippen molar-refractivity contribution in [2.24, 2.45) is 7.05 Å². The Kier molecular flexibility index (Phi) is 5.70. The maximum Gasteiger partial charge on any atom is 0.225 e. The number of anilines is 2. The summed E-state index contributed by atoms with van der Waals surface area (Å²) in [6, 6.07) is 17.8. The minimum Gasteiger partial charge on any atom is -0.362 e.